The lowest BCUT2D eigenvalue weighted by atomic mass is 10.1. The molecule has 3 aromatic heterocycles. The van der Waals surface area contributed by atoms with Crippen LogP contribution < -0.4 is 24.7 Å². The maximum Gasteiger partial charge on any atom is 0.280 e. The van der Waals surface area contributed by atoms with Gasteiger partial charge in [0.1, 0.15) is 11.5 Å². The Morgan fingerprint density at radius 2 is 1.76 bits per heavy atom. The molecule has 0 atom stereocenters. The normalized spacial score (nSPS) is 11.0. The van der Waals surface area contributed by atoms with Gasteiger partial charge in [0.25, 0.3) is 15.9 Å². The van der Waals surface area contributed by atoms with Gasteiger partial charge in [-0.3, -0.25) is 10.1 Å². The summed E-state index contributed by atoms with van der Waals surface area (Å²) in [6.07, 6.45) is 2.70. The Balaban J connectivity index is 1.92. The largest absolute Gasteiger partial charge is 0.505 e. The molecule has 0 aliphatic heterocycles. The van der Waals surface area contributed by atoms with E-state index in [1.54, 1.807) is 37.3 Å². The number of anilines is 1. The van der Waals surface area contributed by atoms with Crippen LogP contribution in [0.1, 0.15) is 11.3 Å². The Labute approximate surface area is 217 Å². The van der Waals surface area contributed by atoms with E-state index in [1.807, 2.05) is 0 Å². The van der Waals surface area contributed by atoms with Gasteiger partial charge in [0.15, 0.2) is 33.9 Å². The molecule has 0 spiro atoms. The number of sulfonamides is 1. The Bertz CT molecular complexity index is 1610. The van der Waals surface area contributed by atoms with E-state index in [0.717, 1.165) is 5.56 Å². The zero-order valence-corrected chi connectivity index (χ0v) is 21.3. The molecule has 13 nitrogen and oxygen atoms in total. The van der Waals surface area contributed by atoms with Gasteiger partial charge in [-0.2, -0.15) is 13.4 Å². The van der Waals surface area contributed by atoms with Crippen LogP contribution in [-0.4, -0.2) is 53.5 Å². The molecule has 0 bridgehead atoms. The predicted octanol–water partition coefficient (Wildman–Crippen LogP) is 2.84. The molecule has 0 radical (unpaired) electrons. The number of rotatable bonds is 9. The van der Waals surface area contributed by atoms with Crippen LogP contribution >= 0.6 is 0 Å². The number of aromatic hydroxyl groups is 1. The number of amidine groups is 1. The number of pyridine rings is 2. The van der Waals surface area contributed by atoms with E-state index < -0.39 is 21.6 Å². The first kappa shape index (κ1) is 26.1. The lowest BCUT2D eigenvalue weighted by Gasteiger charge is -2.17. The zero-order chi connectivity index (χ0) is 27.4. The van der Waals surface area contributed by atoms with Crippen molar-refractivity contribution in [2.45, 2.75) is 11.9 Å². The summed E-state index contributed by atoms with van der Waals surface area (Å²) in [5.74, 6) is -1.22. The topological polar surface area (TPSA) is 196 Å². The van der Waals surface area contributed by atoms with Crippen molar-refractivity contribution in [2.75, 3.05) is 18.9 Å². The lowest BCUT2D eigenvalue weighted by molar-refractivity contribution is 0.348. The van der Waals surface area contributed by atoms with Gasteiger partial charge in [-0.25, -0.2) is 15.0 Å². The van der Waals surface area contributed by atoms with E-state index in [-0.39, 0.29) is 45.3 Å². The summed E-state index contributed by atoms with van der Waals surface area (Å²) in [6, 6.07) is 11.0. The molecular weight excluding hydrogens is 514 g/mol. The first-order chi connectivity index (χ1) is 18.1. The summed E-state index contributed by atoms with van der Waals surface area (Å²) in [5, 5.41) is 18.0. The minimum atomic E-state index is -4.26. The molecular formula is C24H23N7O6S. The fourth-order valence-electron chi connectivity index (χ4n) is 3.29. The molecule has 1 aromatic carbocycles. The van der Waals surface area contributed by atoms with Crippen molar-refractivity contribution in [2.24, 2.45) is 5.73 Å². The maximum absolute atomic E-state index is 13.2. The first-order valence-electron chi connectivity index (χ1n) is 10.9. The molecule has 3 heterocycles. The van der Waals surface area contributed by atoms with Crippen molar-refractivity contribution in [1.29, 1.82) is 5.41 Å². The van der Waals surface area contributed by atoms with E-state index in [4.69, 9.17) is 25.4 Å². The number of aromatic nitrogens is 4. The number of methoxy groups -OCH3 is 2. The van der Waals surface area contributed by atoms with Crippen molar-refractivity contribution in [3.63, 3.8) is 0 Å². The number of aryl methyl sites for hydroxylation is 1. The minimum Gasteiger partial charge on any atom is -0.505 e. The number of benzene rings is 1. The van der Waals surface area contributed by atoms with E-state index in [1.165, 1.54) is 38.7 Å². The second kappa shape index (κ2) is 10.6. The fraction of sp³-hybridized carbons (Fsp3) is 0.125. The van der Waals surface area contributed by atoms with Crippen molar-refractivity contribution >= 4 is 21.7 Å². The van der Waals surface area contributed by atoms with Gasteiger partial charge >= 0.3 is 0 Å². The van der Waals surface area contributed by atoms with E-state index in [0.29, 0.717) is 5.75 Å². The second-order valence-electron chi connectivity index (χ2n) is 7.74. The van der Waals surface area contributed by atoms with Crippen LogP contribution in [0.3, 0.4) is 0 Å². The van der Waals surface area contributed by atoms with E-state index in [2.05, 4.69) is 24.7 Å². The van der Waals surface area contributed by atoms with Gasteiger partial charge < -0.3 is 25.1 Å². The van der Waals surface area contributed by atoms with Crippen molar-refractivity contribution < 1.29 is 27.7 Å². The summed E-state index contributed by atoms with van der Waals surface area (Å²) in [4.78, 5) is 16.5. The number of nitrogens with two attached hydrogens (primary N) is 1. The molecule has 38 heavy (non-hydrogen) atoms. The molecule has 0 aliphatic rings. The average Bonchev–Trinajstić information content (AvgIpc) is 2.89. The highest BCUT2D eigenvalue weighted by molar-refractivity contribution is 7.92. The van der Waals surface area contributed by atoms with Gasteiger partial charge in [0.2, 0.25) is 5.75 Å². The molecule has 4 aromatic rings. The van der Waals surface area contributed by atoms with Crippen LogP contribution in [0, 0.1) is 12.3 Å². The highest BCUT2D eigenvalue weighted by atomic mass is 32.2. The van der Waals surface area contributed by atoms with Crippen LogP contribution in [0.4, 0.5) is 5.82 Å². The maximum atomic E-state index is 13.2. The number of nitrogens with zero attached hydrogens (tertiary/aromatic N) is 4. The van der Waals surface area contributed by atoms with Crippen molar-refractivity contribution in [1.82, 2.24) is 19.9 Å². The number of hydrogen-bond donors (Lipinski definition) is 4. The first-order valence-corrected chi connectivity index (χ1v) is 12.4. The third-order valence-corrected chi connectivity index (χ3v) is 6.37. The van der Waals surface area contributed by atoms with Crippen LogP contribution in [0.25, 0.3) is 11.4 Å². The van der Waals surface area contributed by atoms with Crippen molar-refractivity contribution in [3.05, 3.63) is 66.1 Å². The Hall–Kier alpha value is -4.98. The molecule has 0 unspecified atom stereocenters. The van der Waals surface area contributed by atoms with Gasteiger partial charge in [0, 0.05) is 12.4 Å². The van der Waals surface area contributed by atoms with Crippen molar-refractivity contribution in [3.8, 4) is 40.3 Å². The van der Waals surface area contributed by atoms with E-state index in [9.17, 15) is 13.5 Å². The number of nitrogen functional groups attached to an aromatic ring is 1. The second-order valence-corrected chi connectivity index (χ2v) is 9.37. The Morgan fingerprint density at radius 1 is 1.03 bits per heavy atom. The van der Waals surface area contributed by atoms with Crippen LogP contribution in [0.2, 0.25) is 0 Å². The number of para-hydroxylation sites is 2. The van der Waals surface area contributed by atoms with Crippen LogP contribution in [-0.2, 0) is 10.0 Å². The summed E-state index contributed by atoms with van der Waals surface area (Å²) < 4.78 is 45.6. The standard InChI is InChI=1S/C24H23N7O6S/c1-13-8-9-17(28-12-13)38(33,34)31-23-20(37-16-7-5-4-6-15(16)35-2)24(36-3)30-22(29-23)14-10-11-27-18(19(14)32)21(25)26/h4-12,32H,1-3H3,(H3,25,26)(H,29,30,31). The molecule has 196 valence electrons. The highest BCUT2D eigenvalue weighted by Crippen LogP contribution is 2.42. The summed E-state index contributed by atoms with van der Waals surface area (Å²) in [7, 11) is -1.51. The highest BCUT2D eigenvalue weighted by Gasteiger charge is 2.27. The predicted molar refractivity (Wildman–Crippen MR) is 137 cm³/mol. The van der Waals surface area contributed by atoms with Crippen LogP contribution in [0.5, 0.6) is 28.9 Å². The molecule has 0 fully saturated rings. The summed E-state index contributed by atoms with van der Waals surface area (Å²) in [6.45, 7) is 1.77. The Morgan fingerprint density at radius 3 is 2.39 bits per heavy atom. The molecule has 0 saturated heterocycles. The third-order valence-electron chi connectivity index (χ3n) is 5.12. The molecule has 0 amide bonds. The molecule has 14 heteroatoms. The third kappa shape index (κ3) is 5.24. The number of hydrogen-bond acceptors (Lipinski definition) is 11. The van der Waals surface area contributed by atoms with Gasteiger partial charge in [-0.05, 0) is 36.8 Å². The fourth-order valence-corrected chi connectivity index (χ4v) is 4.22. The van der Waals surface area contributed by atoms with Gasteiger partial charge in [0.05, 0.1) is 19.8 Å². The minimum absolute atomic E-state index is 0.0150. The Kier molecular flexibility index (Phi) is 7.25. The zero-order valence-electron chi connectivity index (χ0n) is 20.5. The molecule has 0 aliphatic carbocycles. The molecule has 0 saturated carbocycles. The number of ether oxygens (including phenoxy) is 3. The van der Waals surface area contributed by atoms with E-state index >= 15 is 0 Å². The van der Waals surface area contributed by atoms with Crippen LogP contribution in [0.15, 0.2) is 59.9 Å². The molecule has 4 rings (SSSR count). The van der Waals surface area contributed by atoms with Gasteiger partial charge in [-0.1, -0.05) is 18.2 Å². The quantitative estimate of drug-likeness (QED) is 0.181. The monoisotopic (exact) mass is 537 g/mol. The summed E-state index contributed by atoms with van der Waals surface area (Å²) >= 11 is 0. The lowest BCUT2D eigenvalue weighted by Crippen LogP contribution is -2.17. The smallest absolute Gasteiger partial charge is 0.280 e. The SMILES string of the molecule is COc1ccccc1Oc1c(NS(=O)(=O)c2ccc(C)cn2)nc(-c2ccnc(C(=N)N)c2O)nc1OC. The summed E-state index contributed by atoms with van der Waals surface area (Å²) in [5.41, 5.74) is 6.09. The average molecular weight is 538 g/mol. The van der Waals surface area contributed by atoms with Gasteiger partial charge in [-0.15, -0.1) is 0 Å². The number of nitrogens with one attached hydrogen (secondary N) is 2. The molecule has 5 N–H and O–H groups in total.